The summed E-state index contributed by atoms with van der Waals surface area (Å²) in [5.74, 6) is 1.03. The van der Waals surface area contributed by atoms with Crippen LogP contribution in [-0.4, -0.2) is 29.9 Å². The van der Waals surface area contributed by atoms with E-state index < -0.39 is 0 Å². The second-order valence-electron chi connectivity index (χ2n) is 4.98. The van der Waals surface area contributed by atoms with Crippen LogP contribution in [0.2, 0.25) is 0 Å². The lowest BCUT2D eigenvalue weighted by Gasteiger charge is -2.27. The zero-order chi connectivity index (χ0) is 15.0. The lowest BCUT2D eigenvalue weighted by Crippen LogP contribution is -2.35. The van der Waals surface area contributed by atoms with Crippen LogP contribution in [0.5, 0.6) is 0 Å². The van der Waals surface area contributed by atoms with E-state index in [1.807, 2.05) is 6.08 Å². The van der Waals surface area contributed by atoms with Gasteiger partial charge in [0, 0.05) is 18.7 Å². The third-order valence-electron chi connectivity index (χ3n) is 3.26. The Morgan fingerprint density at radius 2 is 2.05 bits per heavy atom. The van der Waals surface area contributed by atoms with Gasteiger partial charge in [0.25, 0.3) is 0 Å². The van der Waals surface area contributed by atoms with Gasteiger partial charge in [0.15, 0.2) is 0 Å². The van der Waals surface area contributed by atoms with Crippen molar-refractivity contribution in [2.45, 2.75) is 39.3 Å². The van der Waals surface area contributed by atoms with Gasteiger partial charge in [0.05, 0.1) is 6.04 Å². The summed E-state index contributed by atoms with van der Waals surface area (Å²) in [4.78, 5) is 7.08. The van der Waals surface area contributed by atoms with Crippen LogP contribution < -0.4 is 0 Å². The first-order valence-electron chi connectivity index (χ1n) is 7.25. The Kier molecular flexibility index (Phi) is 6.78. The Balaban J connectivity index is 3.24. The highest BCUT2D eigenvalue weighted by Gasteiger charge is 2.15. The van der Waals surface area contributed by atoms with Crippen molar-refractivity contribution in [1.82, 2.24) is 4.90 Å². The molecule has 0 N–H and O–H groups in total. The summed E-state index contributed by atoms with van der Waals surface area (Å²) in [6, 6.07) is 0.473. The van der Waals surface area contributed by atoms with Gasteiger partial charge in [-0.3, -0.25) is 4.99 Å². The van der Waals surface area contributed by atoms with Gasteiger partial charge in [-0.1, -0.05) is 62.1 Å². The van der Waals surface area contributed by atoms with E-state index in [0.717, 1.165) is 17.8 Å². The van der Waals surface area contributed by atoms with Crippen molar-refractivity contribution in [2.24, 2.45) is 4.99 Å². The lowest BCUT2D eigenvalue weighted by atomic mass is 10.1. The molecule has 1 aliphatic heterocycles. The Bertz CT molecular complexity index is 464. The van der Waals surface area contributed by atoms with Gasteiger partial charge < -0.3 is 4.90 Å². The van der Waals surface area contributed by atoms with E-state index in [-0.39, 0.29) is 6.04 Å². The molecule has 1 aliphatic rings. The second kappa shape index (κ2) is 8.36. The first-order valence-corrected chi connectivity index (χ1v) is 7.25. The normalized spacial score (nSPS) is 27.5. The first kappa shape index (κ1) is 16.2. The molecule has 0 saturated carbocycles. The smallest absolute Gasteiger partial charge is 0.131 e. The topological polar surface area (TPSA) is 15.6 Å². The first-order chi connectivity index (χ1) is 9.60. The van der Waals surface area contributed by atoms with Crippen LogP contribution in [0.3, 0.4) is 0 Å². The summed E-state index contributed by atoms with van der Waals surface area (Å²) < 4.78 is 0. The van der Waals surface area contributed by atoms with Gasteiger partial charge in [-0.15, -0.1) is 0 Å². The van der Waals surface area contributed by atoms with E-state index in [2.05, 4.69) is 75.8 Å². The van der Waals surface area contributed by atoms with E-state index >= 15 is 0 Å². The standard InChI is InChI=1S/C18H26N2/c1-6-8-14-17(11-7-2)18-19-15(3)12-9-10-13-16(4)20(18)5/h6,8-16H,1,7H2,2-5H3/b12-9-,13-10-,14-8-,17-11+,19-18?/t15-,16?/m0/s1. The van der Waals surface area contributed by atoms with Crippen molar-refractivity contribution in [1.29, 1.82) is 0 Å². The van der Waals surface area contributed by atoms with E-state index in [1.165, 1.54) is 0 Å². The molecule has 0 radical (unpaired) electrons. The van der Waals surface area contributed by atoms with Crippen LogP contribution in [0, 0.1) is 0 Å². The molecule has 0 aliphatic carbocycles. The maximum Gasteiger partial charge on any atom is 0.131 e. The molecule has 0 aromatic carbocycles. The third-order valence-corrected chi connectivity index (χ3v) is 3.26. The lowest BCUT2D eigenvalue weighted by molar-refractivity contribution is 0.451. The van der Waals surface area contributed by atoms with E-state index in [1.54, 1.807) is 6.08 Å². The predicted molar refractivity (Wildman–Crippen MR) is 90.1 cm³/mol. The van der Waals surface area contributed by atoms with Gasteiger partial charge in [-0.25, -0.2) is 0 Å². The summed E-state index contributed by atoms with van der Waals surface area (Å²) in [5.41, 5.74) is 1.15. The maximum atomic E-state index is 4.86. The monoisotopic (exact) mass is 270 g/mol. The van der Waals surface area contributed by atoms with Crippen LogP contribution >= 0.6 is 0 Å². The second-order valence-corrected chi connectivity index (χ2v) is 4.98. The molecule has 2 heteroatoms. The number of allylic oxidation sites excluding steroid dienone is 5. The van der Waals surface area contributed by atoms with Crippen LogP contribution in [0.4, 0.5) is 0 Å². The largest absolute Gasteiger partial charge is 0.353 e. The molecule has 20 heavy (non-hydrogen) atoms. The van der Waals surface area contributed by atoms with E-state index in [9.17, 15) is 0 Å². The highest BCUT2D eigenvalue weighted by atomic mass is 15.2. The fraction of sp³-hybridized carbons (Fsp3) is 0.389. The Morgan fingerprint density at radius 3 is 2.70 bits per heavy atom. The van der Waals surface area contributed by atoms with E-state index in [4.69, 9.17) is 4.99 Å². The average Bonchev–Trinajstić information content (AvgIpc) is 2.49. The van der Waals surface area contributed by atoms with Gasteiger partial charge in [0.1, 0.15) is 5.84 Å². The van der Waals surface area contributed by atoms with Gasteiger partial charge in [0.2, 0.25) is 0 Å². The molecule has 0 aromatic heterocycles. The fourth-order valence-corrected chi connectivity index (χ4v) is 2.00. The highest BCUT2D eigenvalue weighted by molar-refractivity contribution is 6.01. The minimum Gasteiger partial charge on any atom is -0.353 e. The fourth-order valence-electron chi connectivity index (χ4n) is 2.00. The molecule has 2 nitrogen and oxygen atoms in total. The molecule has 2 atom stereocenters. The molecule has 0 fully saturated rings. The van der Waals surface area contributed by atoms with Crippen molar-refractivity contribution >= 4 is 5.84 Å². The van der Waals surface area contributed by atoms with Crippen LogP contribution in [0.25, 0.3) is 0 Å². The molecule has 1 rings (SSSR count). The van der Waals surface area contributed by atoms with Crippen molar-refractivity contribution in [3.63, 3.8) is 0 Å². The minimum atomic E-state index is 0.166. The summed E-state index contributed by atoms with van der Waals surface area (Å²) in [6.45, 7) is 10.2. The molecule has 0 saturated heterocycles. The molecule has 0 bridgehead atoms. The molecule has 0 aromatic rings. The summed E-state index contributed by atoms with van der Waals surface area (Å²) >= 11 is 0. The van der Waals surface area contributed by atoms with Crippen LogP contribution in [0.15, 0.2) is 65.8 Å². The molecule has 0 spiro atoms. The van der Waals surface area contributed by atoms with Crippen molar-refractivity contribution < 1.29 is 0 Å². The van der Waals surface area contributed by atoms with Gasteiger partial charge in [-0.05, 0) is 20.3 Å². The SMILES string of the molecule is C=C/C=C\C(=C/CC)C1=N[C@@H](C)/C=C\C=C/C(C)N1C. The Hall–Kier alpha value is -1.83. The average molecular weight is 270 g/mol. The molecular weight excluding hydrogens is 244 g/mol. The number of likely N-dealkylation sites (N-methyl/N-ethyl adjacent to an activating group) is 1. The number of amidine groups is 1. The van der Waals surface area contributed by atoms with Gasteiger partial charge >= 0.3 is 0 Å². The van der Waals surface area contributed by atoms with Crippen molar-refractivity contribution in [2.75, 3.05) is 7.05 Å². The minimum absolute atomic E-state index is 0.166. The summed E-state index contributed by atoms with van der Waals surface area (Å²) in [6.07, 6.45) is 17.5. The van der Waals surface area contributed by atoms with E-state index in [0.29, 0.717) is 6.04 Å². The summed E-state index contributed by atoms with van der Waals surface area (Å²) in [7, 11) is 2.09. The van der Waals surface area contributed by atoms with Crippen LogP contribution in [0.1, 0.15) is 27.2 Å². The number of hydrogen-bond donors (Lipinski definition) is 0. The predicted octanol–water partition coefficient (Wildman–Crippen LogP) is 4.30. The van der Waals surface area contributed by atoms with Gasteiger partial charge in [-0.2, -0.15) is 0 Å². The zero-order valence-corrected chi connectivity index (χ0v) is 13.1. The molecule has 1 unspecified atom stereocenters. The van der Waals surface area contributed by atoms with Crippen molar-refractivity contribution in [3.8, 4) is 0 Å². The van der Waals surface area contributed by atoms with Crippen molar-refractivity contribution in [3.05, 3.63) is 60.8 Å². The highest BCUT2D eigenvalue weighted by Crippen LogP contribution is 2.14. The number of rotatable bonds is 4. The quantitative estimate of drug-likeness (QED) is 0.695. The zero-order valence-electron chi connectivity index (χ0n) is 13.1. The molecule has 108 valence electrons. The molecular formula is C18H26N2. The molecule has 1 heterocycles. The van der Waals surface area contributed by atoms with Crippen LogP contribution in [-0.2, 0) is 0 Å². The maximum absolute atomic E-state index is 4.86. The summed E-state index contributed by atoms with van der Waals surface area (Å²) in [5, 5.41) is 0. The Morgan fingerprint density at radius 1 is 1.35 bits per heavy atom. The number of aliphatic imine (C=N–C) groups is 1. The third kappa shape index (κ3) is 4.69. The number of hydrogen-bond acceptors (Lipinski definition) is 2. The molecule has 0 amide bonds. The Labute approximate surface area is 123 Å². The number of nitrogens with zero attached hydrogens (tertiary/aromatic N) is 2.